The molecule has 5 nitrogen and oxygen atoms in total. The van der Waals surface area contributed by atoms with E-state index in [9.17, 15) is 9.59 Å². The van der Waals surface area contributed by atoms with Crippen LogP contribution < -0.4 is 4.74 Å². The standard InChI is InChI=1S/C17H16N2O3S/c1-3-18-16(20)15(23-17(18)21)11-13-5-4-10-19(13)12-6-8-14(22-2)9-7-12/h4-11H,3H2,1-2H3/b15-11-. The molecular weight excluding hydrogens is 312 g/mol. The van der Waals surface area contributed by atoms with Crippen LogP contribution in [-0.2, 0) is 4.79 Å². The van der Waals surface area contributed by atoms with Crippen LogP contribution in [0.15, 0.2) is 47.5 Å². The first kappa shape index (κ1) is 15.4. The van der Waals surface area contributed by atoms with Crippen molar-refractivity contribution in [1.29, 1.82) is 0 Å². The Kier molecular flexibility index (Phi) is 4.25. The maximum Gasteiger partial charge on any atom is 0.293 e. The van der Waals surface area contributed by atoms with Gasteiger partial charge in [-0.3, -0.25) is 14.5 Å². The second-order valence-corrected chi connectivity index (χ2v) is 5.92. The lowest BCUT2D eigenvalue weighted by atomic mass is 10.3. The number of benzene rings is 1. The first-order chi connectivity index (χ1) is 11.1. The number of imide groups is 1. The Balaban J connectivity index is 1.94. The van der Waals surface area contributed by atoms with Crippen LogP contribution >= 0.6 is 11.8 Å². The van der Waals surface area contributed by atoms with E-state index < -0.39 is 0 Å². The summed E-state index contributed by atoms with van der Waals surface area (Å²) in [5.41, 5.74) is 1.80. The molecule has 0 unspecified atom stereocenters. The van der Waals surface area contributed by atoms with Crippen molar-refractivity contribution in [2.45, 2.75) is 6.92 Å². The van der Waals surface area contributed by atoms with E-state index in [1.165, 1.54) is 4.90 Å². The fourth-order valence-corrected chi connectivity index (χ4v) is 3.28. The largest absolute Gasteiger partial charge is 0.497 e. The molecule has 0 bridgehead atoms. The van der Waals surface area contributed by atoms with Gasteiger partial charge in [0.2, 0.25) is 0 Å². The van der Waals surface area contributed by atoms with E-state index in [0.29, 0.717) is 11.4 Å². The van der Waals surface area contributed by atoms with Gasteiger partial charge in [0.25, 0.3) is 11.1 Å². The molecule has 6 heteroatoms. The van der Waals surface area contributed by atoms with Gasteiger partial charge in [-0.05, 0) is 61.2 Å². The number of nitrogens with zero attached hydrogens (tertiary/aromatic N) is 2. The fraction of sp³-hybridized carbons (Fsp3) is 0.176. The summed E-state index contributed by atoms with van der Waals surface area (Å²) in [5.74, 6) is 0.552. The smallest absolute Gasteiger partial charge is 0.293 e. The summed E-state index contributed by atoms with van der Waals surface area (Å²) in [6.45, 7) is 2.18. The average molecular weight is 328 g/mol. The zero-order valence-corrected chi connectivity index (χ0v) is 13.7. The van der Waals surface area contributed by atoms with Crippen molar-refractivity contribution in [3.63, 3.8) is 0 Å². The number of carbonyl (C=O) groups excluding carboxylic acids is 2. The van der Waals surface area contributed by atoms with Gasteiger partial charge in [0, 0.05) is 24.1 Å². The molecule has 0 N–H and O–H groups in total. The van der Waals surface area contributed by atoms with E-state index in [1.807, 2.05) is 47.2 Å². The lowest BCUT2D eigenvalue weighted by molar-refractivity contribution is -0.122. The first-order valence-electron chi connectivity index (χ1n) is 7.21. The molecule has 2 heterocycles. The van der Waals surface area contributed by atoms with Gasteiger partial charge in [-0.25, -0.2) is 0 Å². The number of carbonyl (C=O) groups is 2. The fourth-order valence-electron chi connectivity index (χ4n) is 2.40. The van der Waals surface area contributed by atoms with Crippen molar-refractivity contribution in [2.75, 3.05) is 13.7 Å². The van der Waals surface area contributed by atoms with E-state index in [1.54, 1.807) is 20.1 Å². The maximum atomic E-state index is 12.2. The quantitative estimate of drug-likeness (QED) is 0.806. The zero-order chi connectivity index (χ0) is 16.4. The average Bonchev–Trinajstić information content (AvgIpc) is 3.13. The Hall–Kier alpha value is -2.47. The summed E-state index contributed by atoms with van der Waals surface area (Å²) in [7, 11) is 1.62. The highest BCUT2D eigenvalue weighted by Crippen LogP contribution is 2.32. The van der Waals surface area contributed by atoms with E-state index in [4.69, 9.17) is 4.74 Å². The number of methoxy groups -OCH3 is 1. The molecule has 118 valence electrons. The van der Waals surface area contributed by atoms with Crippen LogP contribution in [-0.4, -0.2) is 34.3 Å². The second kappa shape index (κ2) is 6.34. The second-order valence-electron chi connectivity index (χ2n) is 4.93. The zero-order valence-electron chi connectivity index (χ0n) is 12.9. The molecule has 0 aliphatic carbocycles. The lowest BCUT2D eigenvalue weighted by Gasteiger charge is -2.09. The molecule has 1 aliphatic rings. The van der Waals surface area contributed by atoms with Gasteiger partial charge in [0.15, 0.2) is 0 Å². The number of rotatable bonds is 4. The van der Waals surface area contributed by atoms with Crippen LogP contribution in [0.3, 0.4) is 0 Å². The van der Waals surface area contributed by atoms with Gasteiger partial charge in [-0.15, -0.1) is 0 Å². The van der Waals surface area contributed by atoms with Gasteiger partial charge in [-0.2, -0.15) is 0 Å². The number of hydrogen-bond donors (Lipinski definition) is 0. The Bertz CT molecular complexity index is 777. The van der Waals surface area contributed by atoms with E-state index in [2.05, 4.69) is 0 Å². The van der Waals surface area contributed by atoms with Crippen LogP contribution in [0.2, 0.25) is 0 Å². The Morgan fingerprint density at radius 3 is 2.52 bits per heavy atom. The molecule has 0 saturated carbocycles. The molecule has 23 heavy (non-hydrogen) atoms. The van der Waals surface area contributed by atoms with Crippen molar-refractivity contribution in [2.24, 2.45) is 0 Å². The van der Waals surface area contributed by atoms with Crippen molar-refractivity contribution < 1.29 is 14.3 Å². The molecule has 1 saturated heterocycles. The van der Waals surface area contributed by atoms with Crippen molar-refractivity contribution in [1.82, 2.24) is 9.47 Å². The van der Waals surface area contributed by atoms with E-state index in [0.717, 1.165) is 28.9 Å². The van der Waals surface area contributed by atoms with Crippen LogP contribution in [0.5, 0.6) is 5.75 Å². The topological polar surface area (TPSA) is 51.5 Å². The molecule has 1 aromatic heterocycles. The van der Waals surface area contributed by atoms with E-state index in [-0.39, 0.29) is 11.1 Å². The SMILES string of the molecule is CCN1C(=O)S/C(=C\c2cccn2-c2ccc(OC)cc2)C1=O. The lowest BCUT2D eigenvalue weighted by Crippen LogP contribution is -2.27. The van der Waals surface area contributed by atoms with E-state index >= 15 is 0 Å². The molecule has 1 fully saturated rings. The normalized spacial score (nSPS) is 16.4. The monoisotopic (exact) mass is 328 g/mol. The Morgan fingerprint density at radius 1 is 1.17 bits per heavy atom. The van der Waals surface area contributed by atoms with Crippen molar-refractivity contribution in [3.8, 4) is 11.4 Å². The summed E-state index contributed by atoms with van der Waals surface area (Å²) < 4.78 is 7.12. The highest BCUT2D eigenvalue weighted by atomic mass is 32.2. The number of hydrogen-bond acceptors (Lipinski definition) is 4. The number of ether oxygens (including phenoxy) is 1. The molecular formula is C17H16N2O3S. The Labute approximate surface area is 138 Å². The summed E-state index contributed by atoms with van der Waals surface area (Å²) in [5, 5.41) is -0.216. The minimum Gasteiger partial charge on any atom is -0.497 e. The number of aromatic nitrogens is 1. The van der Waals surface area contributed by atoms with Gasteiger partial charge in [-0.1, -0.05) is 0 Å². The molecule has 3 rings (SSSR count). The molecule has 1 aliphatic heterocycles. The maximum absolute atomic E-state index is 12.2. The van der Waals surface area contributed by atoms with Crippen LogP contribution in [0, 0.1) is 0 Å². The highest BCUT2D eigenvalue weighted by Gasteiger charge is 2.33. The number of thioether (sulfide) groups is 1. The predicted molar refractivity (Wildman–Crippen MR) is 90.7 cm³/mol. The highest BCUT2D eigenvalue weighted by molar-refractivity contribution is 8.18. The van der Waals surface area contributed by atoms with Gasteiger partial charge in [0.05, 0.1) is 12.0 Å². The predicted octanol–water partition coefficient (Wildman–Crippen LogP) is 3.54. The molecule has 2 aromatic rings. The molecule has 0 spiro atoms. The third-order valence-corrected chi connectivity index (χ3v) is 4.51. The van der Waals surface area contributed by atoms with Crippen molar-refractivity contribution in [3.05, 3.63) is 53.2 Å². The minimum atomic E-state index is -0.231. The molecule has 0 radical (unpaired) electrons. The van der Waals surface area contributed by atoms with Crippen LogP contribution in [0.25, 0.3) is 11.8 Å². The number of likely N-dealkylation sites (N-methyl/N-ethyl adjacent to an activating group) is 1. The summed E-state index contributed by atoms with van der Waals surface area (Å²) >= 11 is 0.980. The Morgan fingerprint density at radius 2 is 1.91 bits per heavy atom. The first-order valence-corrected chi connectivity index (χ1v) is 8.03. The number of amides is 2. The van der Waals surface area contributed by atoms with Crippen molar-refractivity contribution >= 4 is 29.0 Å². The molecule has 0 atom stereocenters. The third-order valence-electron chi connectivity index (χ3n) is 3.60. The molecule has 2 amide bonds. The molecule has 1 aromatic carbocycles. The minimum absolute atomic E-state index is 0.216. The summed E-state index contributed by atoms with van der Waals surface area (Å²) in [6, 6.07) is 11.4. The van der Waals surface area contributed by atoms with Gasteiger partial charge < -0.3 is 9.30 Å². The third kappa shape index (κ3) is 2.90. The summed E-state index contributed by atoms with van der Waals surface area (Å²) in [4.78, 5) is 25.7. The van der Waals surface area contributed by atoms with Gasteiger partial charge >= 0.3 is 0 Å². The van der Waals surface area contributed by atoms with Crippen LogP contribution in [0.4, 0.5) is 4.79 Å². The van der Waals surface area contributed by atoms with Crippen LogP contribution in [0.1, 0.15) is 12.6 Å². The van der Waals surface area contributed by atoms with Gasteiger partial charge in [0.1, 0.15) is 5.75 Å². The summed E-state index contributed by atoms with van der Waals surface area (Å²) in [6.07, 6.45) is 3.67.